The van der Waals surface area contributed by atoms with Crippen LogP contribution in [0.4, 0.5) is 11.5 Å². The zero-order valence-electron chi connectivity index (χ0n) is 11.9. The molecule has 7 heteroatoms. The number of H-pyrrole nitrogens is 1. The maximum absolute atomic E-state index is 10.9. The van der Waals surface area contributed by atoms with Crippen molar-refractivity contribution >= 4 is 11.5 Å². The normalized spacial score (nSPS) is 12.7. The number of hydrogen-bond donors (Lipinski definition) is 1. The van der Waals surface area contributed by atoms with Gasteiger partial charge in [0, 0.05) is 12.5 Å². The first kappa shape index (κ1) is 14.1. The second-order valence-electron chi connectivity index (χ2n) is 4.84. The summed E-state index contributed by atoms with van der Waals surface area (Å²) in [5, 5.41) is 14.0. The average Bonchev–Trinajstić information content (AvgIpc) is 2.55. The van der Waals surface area contributed by atoms with E-state index in [2.05, 4.69) is 10.3 Å². The number of anilines is 1. The lowest BCUT2D eigenvalue weighted by Crippen LogP contribution is -2.17. The minimum Gasteiger partial charge on any atom is -0.486 e. The first-order valence-electron chi connectivity index (χ1n) is 7.01. The number of benzene rings is 1. The van der Waals surface area contributed by atoms with Crippen molar-refractivity contribution in [1.29, 1.82) is 0 Å². The second kappa shape index (κ2) is 6.30. The fourth-order valence-corrected chi connectivity index (χ4v) is 2.30. The quantitative estimate of drug-likeness (QED) is 0.672. The molecular weight excluding hydrogens is 286 g/mol. The Bertz CT molecular complexity index is 690. The molecule has 7 nitrogen and oxygen atoms in total. The zero-order chi connectivity index (χ0) is 15.4. The van der Waals surface area contributed by atoms with Gasteiger partial charge in [0.2, 0.25) is 0 Å². The smallest absolute Gasteiger partial charge is 0.357 e. The molecule has 0 radical (unpaired) electrons. The molecule has 114 valence electrons. The number of nitro groups is 1. The van der Waals surface area contributed by atoms with Crippen molar-refractivity contribution in [2.24, 2.45) is 0 Å². The number of ether oxygens (including phenoxy) is 2. The topological polar surface area (TPSA) is 87.8 Å². The third-order valence-electron chi connectivity index (χ3n) is 3.35. The summed E-state index contributed by atoms with van der Waals surface area (Å²) in [6, 6.07) is 8.87. The molecule has 2 heterocycles. The molecule has 1 aromatic heterocycles. The van der Waals surface area contributed by atoms with Gasteiger partial charge >= 0.3 is 11.5 Å². The molecule has 0 saturated carbocycles. The van der Waals surface area contributed by atoms with Gasteiger partial charge in [-0.3, -0.25) is 15.4 Å². The fraction of sp³-hybridized carbons (Fsp3) is 0.267. The van der Waals surface area contributed by atoms with Gasteiger partial charge in [-0.25, -0.2) is 4.98 Å². The fourth-order valence-electron chi connectivity index (χ4n) is 2.30. The maximum atomic E-state index is 10.9. The van der Waals surface area contributed by atoms with Crippen LogP contribution in [-0.4, -0.2) is 24.7 Å². The Morgan fingerprint density at radius 1 is 1.23 bits per heavy atom. The standard InChI is InChI=1S/C15H15N3O4/c19-18(20)12-2-1-6-16-15(12)17-7-5-11-3-4-13-14(10-11)22-9-8-21-13/h1-4,6,10H,5,7-9H2,(H,16,17)/p+1. The lowest BCUT2D eigenvalue weighted by Gasteiger charge is -2.18. The van der Waals surface area contributed by atoms with Crippen molar-refractivity contribution in [3.63, 3.8) is 0 Å². The van der Waals surface area contributed by atoms with E-state index < -0.39 is 4.92 Å². The molecule has 0 atom stereocenters. The maximum Gasteiger partial charge on any atom is 0.357 e. The van der Waals surface area contributed by atoms with E-state index in [1.807, 2.05) is 18.2 Å². The molecule has 0 aliphatic carbocycles. The largest absolute Gasteiger partial charge is 0.486 e. The van der Waals surface area contributed by atoms with Crippen LogP contribution in [0.5, 0.6) is 11.5 Å². The first-order valence-corrected chi connectivity index (χ1v) is 7.01. The molecule has 1 aromatic carbocycles. The number of fused-ring (bicyclic) bond motifs is 1. The van der Waals surface area contributed by atoms with E-state index in [1.165, 1.54) is 6.07 Å². The van der Waals surface area contributed by atoms with Gasteiger partial charge in [0.25, 0.3) is 0 Å². The summed E-state index contributed by atoms with van der Waals surface area (Å²) in [5.41, 5.74) is 1.11. The summed E-state index contributed by atoms with van der Waals surface area (Å²) in [4.78, 5) is 13.4. The molecule has 0 unspecified atom stereocenters. The van der Waals surface area contributed by atoms with Crippen molar-refractivity contribution < 1.29 is 19.4 Å². The van der Waals surface area contributed by atoms with E-state index in [-0.39, 0.29) is 5.69 Å². The highest BCUT2D eigenvalue weighted by molar-refractivity contribution is 5.51. The zero-order valence-corrected chi connectivity index (χ0v) is 11.9. The molecule has 2 aromatic rings. The monoisotopic (exact) mass is 302 g/mol. The number of nitrogens with one attached hydrogen (secondary N) is 2. The van der Waals surface area contributed by atoms with Crippen LogP contribution in [0, 0.1) is 10.1 Å². The van der Waals surface area contributed by atoms with Crippen molar-refractivity contribution in [1.82, 2.24) is 0 Å². The van der Waals surface area contributed by atoms with Crippen LogP contribution in [0.1, 0.15) is 5.56 Å². The Hall–Kier alpha value is -2.83. The van der Waals surface area contributed by atoms with Crippen LogP contribution in [0.3, 0.4) is 0 Å². The average molecular weight is 302 g/mol. The molecular formula is C15H16N3O4+. The Balaban J connectivity index is 1.63. The van der Waals surface area contributed by atoms with Gasteiger partial charge in [-0.15, -0.1) is 0 Å². The molecule has 0 amide bonds. The van der Waals surface area contributed by atoms with Crippen molar-refractivity contribution in [2.45, 2.75) is 6.42 Å². The van der Waals surface area contributed by atoms with E-state index in [1.54, 1.807) is 12.3 Å². The highest BCUT2D eigenvalue weighted by atomic mass is 16.6. The summed E-state index contributed by atoms with van der Waals surface area (Å²) in [6.45, 7) is 1.70. The predicted molar refractivity (Wildman–Crippen MR) is 79.3 cm³/mol. The van der Waals surface area contributed by atoms with Crippen molar-refractivity contribution in [3.8, 4) is 11.5 Å². The molecule has 1 aliphatic heterocycles. The number of nitrogens with zero attached hydrogens (tertiary/aromatic N) is 1. The third-order valence-corrected chi connectivity index (χ3v) is 3.35. The highest BCUT2D eigenvalue weighted by Gasteiger charge is 2.19. The Morgan fingerprint density at radius 3 is 2.86 bits per heavy atom. The van der Waals surface area contributed by atoms with E-state index in [4.69, 9.17) is 9.47 Å². The molecule has 0 saturated heterocycles. The highest BCUT2D eigenvalue weighted by Crippen LogP contribution is 2.30. The molecule has 0 bridgehead atoms. The molecule has 1 aliphatic rings. The number of aromatic amines is 1. The van der Waals surface area contributed by atoms with Crippen molar-refractivity contribution in [2.75, 3.05) is 25.1 Å². The van der Waals surface area contributed by atoms with Gasteiger partial charge in [0.1, 0.15) is 13.2 Å². The van der Waals surface area contributed by atoms with Crippen LogP contribution in [0.25, 0.3) is 0 Å². The second-order valence-corrected chi connectivity index (χ2v) is 4.84. The van der Waals surface area contributed by atoms with E-state index in [0.29, 0.717) is 25.6 Å². The van der Waals surface area contributed by atoms with Crippen LogP contribution in [0.15, 0.2) is 36.5 Å². The van der Waals surface area contributed by atoms with Gasteiger partial charge in [0.15, 0.2) is 11.5 Å². The minimum absolute atomic E-state index is 0.0321. The Labute approximate surface area is 127 Å². The van der Waals surface area contributed by atoms with E-state index >= 15 is 0 Å². The molecule has 2 N–H and O–H groups in total. The van der Waals surface area contributed by atoms with E-state index in [0.717, 1.165) is 23.5 Å². The summed E-state index contributed by atoms with van der Waals surface area (Å²) in [5.74, 6) is 1.92. The molecule has 3 rings (SSSR count). The number of aromatic nitrogens is 1. The number of rotatable bonds is 5. The van der Waals surface area contributed by atoms with Crippen LogP contribution in [-0.2, 0) is 6.42 Å². The number of pyridine rings is 1. The van der Waals surface area contributed by atoms with Gasteiger partial charge in [0.05, 0.1) is 17.7 Å². The Morgan fingerprint density at radius 2 is 2.05 bits per heavy atom. The Kier molecular flexibility index (Phi) is 4.04. The first-order chi connectivity index (χ1) is 10.7. The summed E-state index contributed by atoms with van der Waals surface area (Å²) < 4.78 is 11.0. The van der Waals surface area contributed by atoms with E-state index in [9.17, 15) is 10.1 Å². The molecule has 0 fully saturated rings. The predicted octanol–water partition coefficient (Wildman–Crippen LogP) is 1.83. The van der Waals surface area contributed by atoms with Crippen LogP contribution >= 0.6 is 0 Å². The summed E-state index contributed by atoms with van der Waals surface area (Å²) in [6.07, 6.45) is 2.37. The summed E-state index contributed by atoms with van der Waals surface area (Å²) in [7, 11) is 0. The van der Waals surface area contributed by atoms with Crippen molar-refractivity contribution in [3.05, 3.63) is 52.2 Å². The lowest BCUT2D eigenvalue weighted by atomic mass is 10.1. The SMILES string of the molecule is O=[N+]([O-])c1ccc[nH+]c1NCCc1ccc2c(c1)OCCO2. The number of hydrogen-bond acceptors (Lipinski definition) is 5. The van der Waals surface area contributed by atoms with Gasteiger partial charge in [-0.05, 0) is 23.8 Å². The molecule has 0 spiro atoms. The van der Waals surface area contributed by atoms with Gasteiger partial charge in [-0.2, -0.15) is 0 Å². The molecule has 22 heavy (non-hydrogen) atoms. The third kappa shape index (κ3) is 3.08. The summed E-state index contributed by atoms with van der Waals surface area (Å²) >= 11 is 0. The minimum atomic E-state index is -0.414. The van der Waals surface area contributed by atoms with Crippen LogP contribution in [0.2, 0.25) is 0 Å². The van der Waals surface area contributed by atoms with Gasteiger partial charge < -0.3 is 9.47 Å². The van der Waals surface area contributed by atoms with Gasteiger partial charge in [-0.1, -0.05) is 6.07 Å². The van der Waals surface area contributed by atoms with Crippen LogP contribution < -0.4 is 19.8 Å². The lowest BCUT2D eigenvalue weighted by molar-refractivity contribution is -0.409.